The Morgan fingerprint density at radius 1 is 1.29 bits per heavy atom. The molecular weight excluding hydrogens is 285 g/mol. The van der Waals surface area contributed by atoms with Crippen LogP contribution in [0.15, 0.2) is 12.1 Å². The van der Waals surface area contributed by atoms with Crippen molar-refractivity contribution in [3.05, 3.63) is 29.6 Å². The molecule has 1 heterocycles. The summed E-state index contributed by atoms with van der Waals surface area (Å²) in [4.78, 5) is 25.1. The van der Waals surface area contributed by atoms with Gasteiger partial charge in [0.15, 0.2) is 11.6 Å². The first-order valence-corrected chi connectivity index (χ1v) is 6.62. The first-order valence-electron chi connectivity index (χ1n) is 6.62. The highest BCUT2D eigenvalue weighted by Gasteiger charge is 2.41. The lowest BCUT2D eigenvalue weighted by Crippen LogP contribution is -2.40. The molecule has 1 fully saturated rings. The van der Waals surface area contributed by atoms with E-state index in [0.29, 0.717) is 18.6 Å². The van der Waals surface area contributed by atoms with E-state index in [2.05, 4.69) is 5.32 Å². The fourth-order valence-electron chi connectivity index (χ4n) is 2.26. The Kier molecular flexibility index (Phi) is 4.20. The van der Waals surface area contributed by atoms with E-state index < -0.39 is 41.0 Å². The molecule has 7 heteroatoms. The molecule has 2 rings (SSSR count). The van der Waals surface area contributed by atoms with Crippen molar-refractivity contribution < 1.29 is 22.8 Å². The van der Waals surface area contributed by atoms with Gasteiger partial charge >= 0.3 is 0 Å². The van der Waals surface area contributed by atoms with Crippen LogP contribution in [0.2, 0.25) is 0 Å². The van der Waals surface area contributed by atoms with Gasteiger partial charge in [0, 0.05) is 18.2 Å². The van der Waals surface area contributed by atoms with Gasteiger partial charge in [-0.1, -0.05) is 6.92 Å². The highest BCUT2D eigenvalue weighted by atomic mass is 19.1. The number of amides is 2. The minimum Gasteiger partial charge on any atom is -0.368 e. The topological polar surface area (TPSA) is 49.4 Å². The summed E-state index contributed by atoms with van der Waals surface area (Å²) >= 11 is 0. The van der Waals surface area contributed by atoms with Gasteiger partial charge in [-0.05, 0) is 13.3 Å². The van der Waals surface area contributed by atoms with Gasteiger partial charge in [0.25, 0.3) is 5.91 Å². The van der Waals surface area contributed by atoms with E-state index in [1.807, 2.05) is 6.92 Å². The van der Waals surface area contributed by atoms with Gasteiger partial charge in [0.05, 0.1) is 6.42 Å². The summed E-state index contributed by atoms with van der Waals surface area (Å²) in [5, 5.41) is 2.37. The van der Waals surface area contributed by atoms with Crippen LogP contribution in [0.4, 0.5) is 18.9 Å². The summed E-state index contributed by atoms with van der Waals surface area (Å²) in [6, 6.07) is -0.293. The molecule has 2 unspecified atom stereocenters. The number of hydrogen-bond acceptors (Lipinski definition) is 3. The van der Waals surface area contributed by atoms with E-state index >= 15 is 0 Å². The zero-order valence-electron chi connectivity index (χ0n) is 11.6. The van der Waals surface area contributed by atoms with Crippen molar-refractivity contribution in [2.75, 3.05) is 5.32 Å². The van der Waals surface area contributed by atoms with Gasteiger partial charge in [0.2, 0.25) is 5.91 Å². The number of benzene rings is 1. The lowest BCUT2D eigenvalue weighted by Gasteiger charge is -2.22. The number of carbonyl (C=O) groups excluding carboxylic acids is 2. The van der Waals surface area contributed by atoms with Gasteiger partial charge in [0.1, 0.15) is 17.5 Å². The fraction of sp³-hybridized carbons (Fsp3) is 0.429. The first kappa shape index (κ1) is 15.3. The molecule has 0 aromatic heterocycles. The zero-order chi connectivity index (χ0) is 15.7. The molecule has 21 heavy (non-hydrogen) atoms. The Morgan fingerprint density at radius 3 is 2.38 bits per heavy atom. The van der Waals surface area contributed by atoms with Crippen molar-refractivity contribution in [3.63, 3.8) is 0 Å². The van der Waals surface area contributed by atoms with E-state index in [4.69, 9.17) is 0 Å². The van der Waals surface area contributed by atoms with E-state index in [-0.39, 0.29) is 12.5 Å². The number of rotatable bonds is 4. The third-order valence-electron chi connectivity index (χ3n) is 3.54. The summed E-state index contributed by atoms with van der Waals surface area (Å²) < 4.78 is 40.0. The molecule has 2 amide bonds. The maximum atomic E-state index is 13.6. The second-order valence-electron chi connectivity index (χ2n) is 5.00. The van der Waals surface area contributed by atoms with Crippen molar-refractivity contribution in [1.29, 1.82) is 0 Å². The van der Waals surface area contributed by atoms with E-state index in [9.17, 15) is 22.8 Å². The minimum absolute atomic E-state index is 0.181. The van der Waals surface area contributed by atoms with Crippen LogP contribution in [0, 0.1) is 17.5 Å². The molecule has 1 N–H and O–H groups in total. The number of hydrogen-bond donors (Lipinski definition) is 1. The summed E-state index contributed by atoms with van der Waals surface area (Å²) in [7, 11) is 0. The van der Waals surface area contributed by atoms with Crippen LogP contribution in [-0.4, -0.2) is 28.8 Å². The Hall–Kier alpha value is -2.05. The lowest BCUT2D eigenvalue weighted by atomic mass is 10.2. The molecule has 1 aliphatic rings. The average Bonchev–Trinajstić information content (AvgIpc) is 2.68. The smallest absolute Gasteiger partial charge is 0.252 e. The number of likely N-dealkylation sites (tertiary alicyclic amines) is 1. The summed E-state index contributed by atoms with van der Waals surface area (Å²) in [6.45, 7) is 3.54. The van der Waals surface area contributed by atoms with Crippen LogP contribution >= 0.6 is 0 Å². The summed E-state index contributed by atoms with van der Waals surface area (Å²) in [5.41, 5.74) is -0.603. The molecule has 0 aliphatic carbocycles. The molecule has 0 saturated carbocycles. The summed E-state index contributed by atoms with van der Waals surface area (Å²) in [5.74, 6) is -4.26. The predicted molar refractivity (Wildman–Crippen MR) is 69.9 cm³/mol. The number of nitrogens with one attached hydrogen (secondary N) is 1. The monoisotopic (exact) mass is 300 g/mol. The lowest BCUT2D eigenvalue weighted by molar-refractivity contribution is -0.140. The molecule has 1 aromatic carbocycles. The molecule has 0 spiro atoms. The highest BCUT2D eigenvalue weighted by Crippen LogP contribution is 2.25. The maximum Gasteiger partial charge on any atom is 0.252 e. The Morgan fingerprint density at radius 2 is 1.86 bits per heavy atom. The van der Waals surface area contributed by atoms with Gasteiger partial charge in [-0.3, -0.25) is 14.5 Å². The quantitative estimate of drug-likeness (QED) is 0.869. The second kappa shape index (κ2) is 5.75. The Labute approximate surface area is 119 Å². The van der Waals surface area contributed by atoms with Gasteiger partial charge in [-0.25, -0.2) is 13.2 Å². The molecule has 114 valence electrons. The second-order valence-corrected chi connectivity index (χ2v) is 5.00. The average molecular weight is 300 g/mol. The molecule has 0 bridgehead atoms. The molecule has 4 nitrogen and oxygen atoms in total. The molecule has 1 aliphatic heterocycles. The van der Waals surface area contributed by atoms with Crippen LogP contribution in [0.25, 0.3) is 0 Å². The van der Waals surface area contributed by atoms with Gasteiger partial charge < -0.3 is 5.32 Å². The van der Waals surface area contributed by atoms with Crippen molar-refractivity contribution >= 4 is 17.5 Å². The molecular formula is C14H15F3N2O2. The Balaban J connectivity index is 2.22. The van der Waals surface area contributed by atoms with E-state index in [1.54, 1.807) is 6.92 Å². The number of nitrogens with zero attached hydrogens (tertiary/aromatic N) is 1. The van der Waals surface area contributed by atoms with Crippen molar-refractivity contribution in [3.8, 4) is 0 Å². The maximum absolute atomic E-state index is 13.6. The number of halogens is 3. The van der Waals surface area contributed by atoms with Crippen molar-refractivity contribution in [1.82, 2.24) is 4.90 Å². The van der Waals surface area contributed by atoms with Crippen LogP contribution in [0.3, 0.4) is 0 Å². The van der Waals surface area contributed by atoms with Crippen LogP contribution < -0.4 is 5.32 Å². The number of imide groups is 1. The Bertz CT molecular complexity index is 569. The van der Waals surface area contributed by atoms with Gasteiger partial charge in [-0.15, -0.1) is 0 Å². The molecule has 0 radical (unpaired) electrons. The standard InChI is InChI=1S/C14H15F3N2O2/c1-3-7(2)19-12(20)6-11(14(19)21)18-13-9(16)4-8(15)5-10(13)17/h4-5,7,11,18H,3,6H2,1-2H3. The number of carbonyl (C=O) groups is 2. The SMILES string of the molecule is CCC(C)N1C(=O)CC(Nc2c(F)cc(F)cc2F)C1=O. The zero-order valence-corrected chi connectivity index (χ0v) is 11.6. The van der Waals surface area contributed by atoms with Crippen LogP contribution in [-0.2, 0) is 9.59 Å². The van der Waals surface area contributed by atoms with Gasteiger partial charge in [-0.2, -0.15) is 0 Å². The number of anilines is 1. The fourth-order valence-corrected chi connectivity index (χ4v) is 2.26. The normalized spacial score (nSPS) is 20.0. The third kappa shape index (κ3) is 2.86. The van der Waals surface area contributed by atoms with Crippen molar-refractivity contribution in [2.45, 2.75) is 38.8 Å². The minimum atomic E-state index is -1.14. The predicted octanol–water partition coefficient (Wildman–Crippen LogP) is 2.44. The molecule has 1 aromatic rings. The van der Waals surface area contributed by atoms with Crippen molar-refractivity contribution in [2.24, 2.45) is 0 Å². The van der Waals surface area contributed by atoms with Crippen LogP contribution in [0.5, 0.6) is 0 Å². The first-order chi connectivity index (χ1) is 9.85. The molecule has 1 saturated heterocycles. The van der Waals surface area contributed by atoms with Crippen LogP contribution in [0.1, 0.15) is 26.7 Å². The largest absolute Gasteiger partial charge is 0.368 e. The third-order valence-corrected chi connectivity index (χ3v) is 3.54. The summed E-state index contributed by atoms with van der Waals surface area (Å²) in [6.07, 6.45) is 0.406. The highest BCUT2D eigenvalue weighted by molar-refractivity contribution is 6.07. The molecule has 2 atom stereocenters. The van der Waals surface area contributed by atoms with E-state index in [0.717, 1.165) is 4.90 Å². The van der Waals surface area contributed by atoms with E-state index in [1.165, 1.54) is 0 Å².